The highest BCUT2D eigenvalue weighted by molar-refractivity contribution is 6.11. The van der Waals surface area contributed by atoms with E-state index in [1.165, 1.54) is 17.8 Å². The summed E-state index contributed by atoms with van der Waals surface area (Å²) in [5, 5.41) is 13.7. The van der Waals surface area contributed by atoms with Gasteiger partial charge in [0.15, 0.2) is 0 Å². The third-order valence-corrected chi connectivity index (χ3v) is 6.72. The standard InChI is InChI=1S/C29H27N3O3/c33-28(32-16-14-22(15-17-32)21-10-5-2-6-11-21)25-19-31-26-23(12-7-13-24(26)29(34)35)27(25)30-18-20-8-3-1-4-9-20/h1-13,19,22H,14-18H2,(H,30,31)(H,34,35). The highest BCUT2D eigenvalue weighted by atomic mass is 16.4. The highest BCUT2D eigenvalue weighted by Crippen LogP contribution is 2.32. The van der Waals surface area contributed by atoms with E-state index >= 15 is 0 Å². The first-order chi connectivity index (χ1) is 17.1. The van der Waals surface area contributed by atoms with Gasteiger partial charge in [-0.1, -0.05) is 72.8 Å². The Kier molecular flexibility index (Phi) is 6.44. The van der Waals surface area contributed by atoms with E-state index in [1.54, 1.807) is 6.07 Å². The van der Waals surface area contributed by atoms with Gasteiger partial charge in [-0.25, -0.2) is 4.79 Å². The molecule has 0 bridgehead atoms. The molecule has 1 fully saturated rings. The van der Waals surface area contributed by atoms with E-state index in [-0.39, 0.29) is 11.5 Å². The molecule has 6 heteroatoms. The second-order valence-electron chi connectivity index (χ2n) is 8.87. The lowest BCUT2D eigenvalue weighted by molar-refractivity contribution is 0.0695. The van der Waals surface area contributed by atoms with E-state index in [4.69, 9.17) is 0 Å². The number of aromatic carboxylic acids is 1. The summed E-state index contributed by atoms with van der Waals surface area (Å²) < 4.78 is 0. The molecule has 0 unspecified atom stereocenters. The highest BCUT2D eigenvalue weighted by Gasteiger charge is 2.27. The lowest BCUT2D eigenvalue weighted by Gasteiger charge is -2.32. The fraction of sp³-hybridized carbons (Fsp3) is 0.207. The first kappa shape index (κ1) is 22.6. The van der Waals surface area contributed by atoms with Crippen molar-refractivity contribution in [3.63, 3.8) is 0 Å². The van der Waals surface area contributed by atoms with E-state index in [9.17, 15) is 14.7 Å². The average molecular weight is 466 g/mol. The normalized spacial score (nSPS) is 14.1. The molecule has 0 atom stereocenters. The first-order valence-corrected chi connectivity index (χ1v) is 11.9. The van der Waals surface area contributed by atoms with Gasteiger partial charge in [0.05, 0.1) is 22.3 Å². The summed E-state index contributed by atoms with van der Waals surface area (Å²) in [6, 6.07) is 25.4. The minimum absolute atomic E-state index is 0.0813. The van der Waals surface area contributed by atoms with Crippen LogP contribution in [-0.4, -0.2) is 40.0 Å². The predicted molar refractivity (Wildman–Crippen MR) is 137 cm³/mol. The molecule has 6 nitrogen and oxygen atoms in total. The number of piperidine rings is 1. The number of hydrogen-bond acceptors (Lipinski definition) is 4. The van der Waals surface area contributed by atoms with Crippen molar-refractivity contribution in [3.8, 4) is 0 Å². The largest absolute Gasteiger partial charge is 0.478 e. The minimum Gasteiger partial charge on any atom is -0.478 e. The van der Waals surface area contributed by atoms with Gasteiger partial charge in [0.2, 0.25) is 0 Å². The predicted octanol–water partition coefficient (Wildman–Crippen LogP) is 5.56. The number of rotatable bonds is 6. The van der Waals surface area contributed by atoms with Crippen LogP contribution in [0.15, 0.2) is 85.1 Å². The summed E-state index contributed by atoms with van der Waals surface area (Å²) in [5.74, 6) is -0.676. The van der Waals surface area contributed by atoms with E-state index < -0.39 is 5.97 Å². The number of nitrogens with zero attached hydrogens (tertiary/aromatic N) is 2. The van der Waals surface area contributed by atoms with Crippen molar-refractivity contribution < 1.29 is 14.7 Å². The number of amides is 1. The average Bonchev–Trinajstić information content (AvgIpc) is 2.92. The molecule has 1 aliphatic heterocycles. The number of hydrogen-bond donors (Lipinski definition) is 2. The second-order valence-corrected chi connectivity index (χ2v) is 8.87. The number of nitrogens with one attached hydrogen (secondary N) is 1. The number of para-hydroxylation sites is 1. The van der Waals surface area contributed by atoms with Crippen LogP contribution in [0.5, 0.6) is 0 Å². The van der Waals surface area contributed by atoms with Crippen molar-refractivity contribution in [1.82, 2.24) is 9.88 Å². The summed E-state index contributed by atoms with van der Waals surface area (Å²) in [5.41, 5.74) is 3.96. The van der Waals surface area contributed by atoms with Crippen LogP contribution in [0.2, 0.25) is 0 Å². The Morgan fingerprint density at radius 2 is 1.57 bits per heavy atom. The summed E-state index contributed by atoms with van der Waals surface area (Å²) in [6.07, 6.45) is 3.34. The zero-order valence-corrected chi connectivity index (χ0v) is 19.4. The van der Waals surface area contributed by atoms with E-state index in [0.717, 1.165) is 18.4 Å². The van der Waals surface area contributed by atoms with Crippen LogP contribution in [0.1, 0.15) is 50.6 Å². The number of aromatic nitrogens is 1. The summed E-state index contributed by atoms with van der Waals surface area (Å²) in [6.45, 7) is 1.85. The van der Waals surface area contributed by atoms with Crippen molar-refractivity contribution in [2.24, 2.45) is 0 Å². The molecule has 0 saturated carbocycles. The van der Waals surface area contributed by atoms with Crippen molar-refractivity contribution in [2.45, 2.75) is 25.3 Å². The number of carboxylic acids is 1. The Bertz CT molecular complexity index is 1350. The Morgan fingerprint density at radius 3 is 2.26 bits per heavy atom. The lowest BCUT2D eigenvalue weighted by atomic mass is 9.89. The molecule has 4 aromatic rings. The number of fused-ring (bicyclic) bond motifs is 1. The van der Waals surface area contributed by atoms with Crippen LogP contribution in [-0.2, 0) is 6.54 Å². The molecule has 2 N–H and O–H groups in total. The van der Waals surface area contributed by atoms with Crippen molar-refractivity contribution in [2.75, 3.05) is 18.4 Å². The molecular weight excluding hydrogens is 438 g/mol. The van der Waals surface area contributed by atoms with Gasteiger partial charge in [-0.2, -0.15) is 0 Å². The van der Waals surface area contributed by atoms with Gasteiger partial charge in [0, 0.05) is 31.2 Å². The van der Waals surface area contributed by atoms with Gasteiger partial charge in [0.25, 0.3) is 5.91 Å². The molecule has 3 aromatic carbocycles. The molecule has 1 saturated heterocycles. The van der Waals surface area contributed by atoms with Gasteiger partial charge in [0.1, 0.15) is 0 Å². The molecule has 5 rings (SSSR count). The number of benzene rings is 3. The van der Waals surface area contributed by atoms with Crippen LogP contribution < -0.4 is 5.32 Å². The van der Waals surface area contributed by atoms with E-state index in [2.05, 4.69) is 34.6 Å². The number of carbonyl (C=O) groups is 2. The molecule has 35 heavy (non-hydrogen) atoms. The summed E-state index contributed by atoms with van der Waals surface area (Å²) in [7, 11) is 0. The van der Waals surface area contributed by atoms with E-state index in [0.29, 0.717) is 47.7 Å². The van der Waals surface area contributed by atoms with Gasteiger partial charge in [-0.3, -0.25) is 9.78 Å². The number of carbonyl (C=O) groups excluding carboxylic acids is 1. The molecule has 1 aromatic heterocycles. The lowest BCUT2D eigenvalue weighted by Crippen LogP contribution is -2.38. The molecule has 1 aliphatic rings. The molecule has 0 aliphatic carbocycles. The smallest absolute Gasteiger partial charge is 0.337 e. The third kappa shape index (κ3) is 4.73. The van der Waals surface area contributed by atoms with Crippen LogP contribution in [0.25, 0.3) is 10.9 Å². The topological polar surface area (TPSA) is 82.5 Å². The number of likely N-dealkylation sites (tertiary alicyclic amines) is 1. The van der Waals surface area contributed by atoms with Crippen LogP contribution >= 0.6 is 0 Å². The second kappa shape index (κ2) is 9.97. The van der Waals surface area contributed by atoms with Crippen LogP contribution in [0, 0.1) is 0 Å². The summed E-state index contributed by atoms with van der Waals surface area (Å²) >= 11 is 0. The third-order valence-electron chi connectivity index (χ3n) is 6.72. The number of pyridine rings is 1. The maximum absolute atomic E-state index is 13.7. The zero-order chi connectivity index (χ0) is 24.2. The summed E-state index contributed by atoms with van der Waals surface area (Å²) in [4.78, 5) is 31.8. The maximum Gasteiger partial charge on any atom is 0.337 e. The Hall–Kier alpha value is -4.19. The Balaban J connectivity index is 1.45. The van der Waals surface area contributed by atoms with Gasteiger partial charge in [-0.15, -0.1) is 0 Å². The SMILES string of the molecule is O=C(O)c1cccc2c(NCc3ccccc3)c(C(=O)N3CCC(c4ccccc4)CC3)cnc12. The van der Waals surface area contributed by atoms with Crippen molar-refractivity contribution in [1.29, 1.82) is 0 Å². The molecule has 176 valence electrons. The molecular formula is C29H27N3O3. The maximum atomic E-state index is 13.7. The van der Waals surface area contributed by atoms with Crippen molar-refractivity contribution >= 4 is 28.5 Å². The van der Waals surface area contributed by atoms with Gasteiger partial charge in [-0.05, 0) is 36.0 Å². The molecule has 1 amide bonds. The molecule has 0 spiro atoms. The van der Waals surface area contributed by atoms with Gasteiger partial charge < -0.3 is 15.3 Å². The quantitative estimate of drug-likeness (QED) is 0.389. The minimum atomic E-state index is -1.04. The number of carboxylic acid groups (broad SMARTS) is 1. The fourth-order valence-electron chi connectivity index (χ4n) is 4.85. The zero-order valence-electron chi connectivity index (χ0n) is 19.4. The Morgan fingerprint density at radius 1 is 0.886 bits per heavy atom. The fourth-order valence-corrected chi connectivity index (χ4v) is 4.85. The first-order valence-electron chi connectivity index (χ1n) is 11.9. The number of anilines is 1. The Labute approximate surface area is 204 Å². The monoisotopic (exact) mass is 465 g/mol. The van der Waals surface area contributed by atoms with Crippen LogP contribution in [0.3, 0.4) is 0 Å². The van der Waals surface area contributed by atoms with E-state index in [1.807, 2.05) is 47.4 Å². The van der Waals surface area contributed by atoms with Crippen molar-refractivity contribution in [3.05, 3.63) is 107 Å². The molecule has 2 heterocycles. The molecule has 0 radical (unpaired) electrons. The van der Waals surface area contributed by atoms with Crippen LogP contribution in [0.4, 0.5) is 5.69 Å². The van der Waals surface area contributed by atoms with Gasteiger partial charge >= 0.3 is 5.97 Å².